The van der Waals surface area contributed by atoms with Crippen LogP contribution < -0.4 is 5.73 Å². The standard InChI is InChI=1S/C9H19NO2/c1-7(10)8(2)12-6-9-4-3-5-11-9/h7-9H,3-6,10H2,1-2H3/t7-,8?,9?/m0/s1. The lowest BCUT2D eigenvalue weighted by Crippen LogP contribution is -2.33. The number of hydrogen-bond acceptors (Lipinski definition) is 3. The number of nitrogens with two attached hydrogens (primary N) is 1. The molecule has 0 aromatic rings. The average Bonchev–Trinajstić information content (AvgIpc) is 2.51. The highest BCUT2D eigenvalue weighted by Gasteiger charge is 2.17. The Labute approximate surface area is 74.2 Å². The zero-order chi connectivity index (χ0) is 8.97. The summed E-state index contributed by atoms with van der Waals surface area (Å²) in [7, 11) is 0. The first kappa shape index (κ1) is 9.96. The minimum Gasteiger partial charge on any atom is -0.376 e. The molecule has 0 amide bonds. The van der Waals surface area contributed by atoms with E-state index in [9.17, 15) is 0 Å². The van der Waals surface area contributed by atoms with E-state index in [4.69, 9.17) is 15.2 Å². The van der Waals surface area contributed by atoms with Crippen molar-refractivity contribution < 1.29 is 9.47 Å². The van der Waals surface area contributed by atoms with Crippen molar-refractivity contribution in [3.8, 4) is 0 Å². The molecule has 0 radical (unpaired) electrons. The molecule has 3 nitrogen and oxygen atoms in total. The van der Waals surface area contributed by atoms with Crippen LogP contribution in [0.2, 0.25) is 0 Å². The molecule has 1 aliphatic rings. The van der Waals surface area contributed by atoms with E-state index >= 15 is 0 Å². The second kappa shape index (κ2) is 4.80. The van der Waals surface area contributed by atoms with Gasteiger partial charge in [-0.3, -0.25) is 0 Å². The van der Waals surface area contributed by atoms with Crippen LogP contribution in [-0.4, -0.2) is 31.5 Å². The van der Waals surface area contributed by atoms with Gasteiger partial charge in [0.05, 0.1) is 18.8 Å². The highest BCUT2D eigenvalue weighted by Crippen LogP contribution is 2.12. The normalized spacial score (nSPS) is 28.8. The Morgan fingerprint density at radius 1 is 1.58 bits per heavy atom. The number of rotatable bonds is 4. The molecule has 0 aliphatic carbocycles. The molecule has 1 fully saturated rings. The first-order valence-electron chi connectivity index (χ1n) is 4.69. The largest absolute Gasteiger partial charge is 0.376 e. The van der Waals surface area contributed by atoms with Gasteiger partial charge in [-0.2, -0.15) is 0 Å². The summed E-state index contributed by atoms with van der Waals surface area (Å²) in [6, 6.07) is 0.103. The summed E-state index contributed by atoms with van der Waals surface area (Å²) in [4.78, 5) is 0. The van der Waals surface area contributed by atoms with Crippen molar-refractivity contribution in [3.63, 3.8) is 0 Å². The minimum atomic E-state index is 0.103. The van der Waals surface area contributed by atoms with E-state index in [1.165, 1.54) is 6.42 Å². The van der Waals surface area contributed by atoms with Gasteiger partial charge in [0.1, 0.15) is 0 Å². The van der Waals surface area contributed by atoms with Crippen LogP contribution in [0.1, 0.15) is 26.7 Å². The first-order valence-corrected chi connectivity index (χ1v) is 4.69. The van der Waals surface area contributed by atoms with E-state index in [0.29, 0.717) is 12.7 Å². The van der Waals surface area contributed by atoms with Gasteiger partial charge in [0.2, 0.25) is 0 Å². The third-order valence-electron chi connectivity index (χ3n) is 2.31. The fraction of sp³-hybridized carbons (Fsp3) is 1.00. The van der Waals surface area contributed by atoms with Crippen LogP contribution in [0.15, 0.2) is 0 Å². The van der Waals surface area contributed by atoms with Gasteiger partial charge < -0.3 is 15.2 Å². The predicted octanol–water partition coefficient (Wildman–Crippen LogP) is 0.918. The maximum absolute atomic E-state index is 5.65. The quantitative estimate of drug-likeness (QED) is 0.687. The van der Waals surface area contributed by atoms with E-state index in [2.05, 4.69) is 0 Å². The molecule has 0 aromatic carbocycles. The monoisotopic (exact) mass is 173 g/mol. The van der Waals surface area contributed by atoms with Gasteiger partial charge in [-0.05, 0) is 26.7 Å². The average molecular weight is 173 g/mol. The third-order valence-corrected chi connectivity index (χ3v) is 2.31. The van der Waals surface area contributed by atoms with Crippen LogP contribution in [-0.2, 0) is 9.47 Å². The summed E-state index contributed by atoms with van der Waals surface area (Å²) < 4.78 is 11.0. The first-order chi connectivity index (χ1) is 5.70. The molecule has 1 heterocycles. The van der Waals surface area contributed by atoms with Crippen LogP contribution in [0.5, 0.6) is 0 Å². The van der Waals surface area contributed by atoms with Crippen LogP contribution in [0, 0.1) is 0 Å². The van der Waals surface area contributed by atoms with Crippen molar-refractivity contribution in [2.45, 2.75) is 44.9 Å². The molecule has 72 valence electrons. The molecule has 1 aliphatic heterocycles. The van der Waals surface area contributed by atoms with Gasteiger partial charge in [-0.15, -0.1) is 0 Å². The lowest BCUT2D eigenvalue weighted by molar-refractivity contribution is -0.0201. The minimum absolute atomic E-state index is 0.103. The highest BCUT2D eigenvalue weighted by atomic mass is 16.5. The van der Waals surface area contributed by atoms with Gasteiger partial charge in [-0.25, -0.2) is 0 Å². The fourth-order valence-corrected chi connectivity index (χ4v) is 1.19. The maximum atomic E-state index is 5.65. The molecule has 3 atom stereocenters. The lowest BCUT2D eigenvalue weighted by atomic mass is 10.2. The summed E-state index contributed by atoms with van der Waals surface area (Å²) in [5.41, 5.74) is 5.65. The molecule has 1 saturated heterocycles. The van der Waals surface area contributed by atoms with Crippen molar-refractivity contribution in [1.29, 1.82) is 0 Å². The summed E-state index contributed by atoms with van der Waals surface area (Å²) in [6.07, 6.45) is 2.74. The molecule has 12 heavy (non-hydrogen) atoms. The van der Waals surface area contributed by atoms with Crippen molar-refractivity contribution in [2.75, 3.05) is 13.2 Å². The Balaban J connectivity index is 2.07. The van der Waals surface area contributed by atoms with E-state index in [0.717, 1.165) is 13.0 Å². The van der Waals surface area contributed by atoms with E-state index in [1.54, 1.807) is 0 Å². The highest BCUT2D eigenvalue weighted by molar-refractivity contribution is 4.67. The fourth-order valence-electron chi connectivity index (χ4n) is 1.19. The maximum Gasteiger partial charge on any atom is 0.0809 e. The molecule has 2 unspecified atom stereocenters. The zero-order valence-corrected chi connectivity index (χ0v) is 7.95. The van der Waals surface area contributed by atoms with Gasteiger partial charge in [0.25, 0.3) is 0 Å². The SMILES string of the molecule is CC(OCC1CCCO1)[C@H](C)N. The number of ether oxygens (including phenoxy) is 2. The van der Waals surface area contributed by atoms with Crippen molar-refractivity contribution in [2.24, 2.45) is 5.73 Å². The van der Waals surface area contributed by atoms with Crippen molar-refractivity contribution in [3.05, 3.63) is 0 Å². The molecule has 3 heteroatoms. The Hall–Kier alpha value is -0.120. The smallest absolute Gasteiger partial charge is 0.0809 e. The van der Waals surface area contributed by atoms with Crippen molar-refractivity contribution >= 4 is 0 Å². The van der Waals surface area contributed by atoms with E-state index in [1.807, 2.05) is 13.8 Å². The third kappa shape index (κ3) is 3.09. The number of hydrogen-bond donors (Lipinski definition) is 1. The molecular formula is C9H19NO2. The lowest BCUT2D eigenvalue weighted by Gasteiger charge is -2.18. The molecule has 0 bridgehead atoms. The zero-order valence-electron chi connectivity index (χ0n) is 7.95. The van der Waals surface area contributed by atoms with Crippen LogP contribution in [0.4, 0.5) is 0 Å². The van der Waals surface area contributed by atoms with E-state index in [-0.39, 0.29) is 12.1 Å². The van der Waals surface area contributed by atoms with Gasteiger partial charge in [0.15, 0.2) is 0 Å². The van der Waals surface area contributed by atoms with Crippen molar-refractivity contribution in [1.82, 2.24) is 0 Å². The topological polar surface area (TPSA) is 44.5 Å². The molecular weight excluding hydrogens is 154 g/mol. The molecule has 0 saturated carbocycles. The molecule has 1 rings (SSSR count). The van der Waals surface area contributed by atoms with Crippen LogP contribution in [0.3, 0.4) is 0 Å². The Bertz CT molecular complexity index is 120. The van der Waals surface area contributed by atoms with Crippen LogP contribution >= 0.6 is 0 Å². The predicted molar refractivity (Wildman–Crippen MR) is 48.0 cm³/mol. The van der Waals surface area contributed by atoms with Gasteiger partial charge in [0, 0.05) is 12.6 Å². The Morgan fingerprint density at radius 3 is 2.83 bits per heavy atom. The Kier molecular flexibility index (Phi) is 3.98. The summed E-state index contributed by atoms with van der Waals surface area (Å²) in [5.74, 6) is 0. The summed E-state index contributed by atoms with van der Waals surface area (Å²) >= 11 is 0. The second-order valence-corrected chi connectivity index (χ2v) is 3.53. The van der Waals surface area contributed by atoms with E-state index < -0.39 is 0 Å². The summed E-state index contributed by atoms with van der Waals surface area (Å²) in [6.45, 7) is 5.54. The van der Waals surface area contributed by atoms with Gasteiger partial charge >= 0.3 is 0 Å². The molecule has 0 spiro atoms. The van der Waals surface area contributed by atoms with Gasteiger partial charge in [-0.1, -0.05) is 0 Å². The second-order valence-electron chi connectivity index (χ2n) is 3.53. The molecule has 2 N–H and O–H groups in total. The van der Waals surface area contributed by atoms with Crippen LogP contribution in [0.25, 0.3) is 0 Å². The Morgan fingerprint density at radius 2 is 2.33 bits per heavy atom. The summed E-state index contributed by atoms with van der Waals surface area (Å²) in [5, 5.41) is 0. The molecule has 0 aromatic heterocycles.